The summed E-state index contributed by atoms with van der Waals surface area (Å²) in [7, 11) is 1.95. The number of nitrogens with one attached hydrogen (secondary N) is 1. The zero-order chi connectivity index (χ0) is 13.4. The summed E-state index contributed by atoms with van der Waals surface area (Å²) in [6.45, 7) is 3.92. The van der Waals surface area contributed by atoms with Crippen molar-refractivity contribution in [3.05, 3.63) is 28.8 Å². The number of halogens is 1. The summed E-state index contributed by atoms with van der Waals surface area (Å²) < 4.78 is 7.10. The molecule has 5 nitrogen and oxygen atoms in total. The molecule has 1 N–H and O–H groups in total. The van der Waals surface area contributed by atoms with E-state index in [9.17, 15) is 0 Å². The summed E-state index contributed by atoms with van der Waals surface area (Å²) in [5.74, 6) is 0.727. The number of rotatable bonds is 3. The third-order valence-electron chi connectivity index (χ3n) is 2.63. The number of aryl methyl sites for hydroxylation is 1. The lowest BCUT2D eigenvalue weighted by Gasteiger charge is -2.07. The minimum Gasteiger partial charge on any atom is -0.328 e. The number of anilines is 2. The van der Waals surface area contributed by atoms with Crippen LogP contribution in [0.2, 0.25) is 6.82 Å². The van der Waals surface area contributed by atoms with Crippen molar-refractivity contribution in [1.29, 1.82) is 0 Å². The molecular formula is C11H10BBrN5S. The van der Waals surface area contributed by atoms with Gasteiger partial charge in [-0.05, 0) is 40.5 Å². The number of nitrogens with zero attached hydrogens (tertiary/aromatic N) is 4. The molecule has 1 radical (unpaired) electrons. The van der Waals surface area contributed by atoms with E-state index in [1.807, 2.05) is 37.7 Å². The van der Waals surface area contributed by atoms with Crippen molar-refractivity contribution in [3.8, 4) is 0 Å². The van der Waals surface area contributed by atoms with Crippen LogP contribution in [0.1, 0.15) is 5.69 Å². The molecule has 0 aliphatic rings. The summed E-state index contributed by atoms with van der Waals surface area (Å²) >= 11 is 4.89. The lowest BCUT2D eigenvalue weighted by Crippen LogP contribution is -2.19. The minimum absolute atomic E-state index is 0.727. The fraction of sp³-hybridized carbons (Fsp3) is 0.182. The van der Waals surface area contributed by atoms with Gasteiger partial charge in [0.25, 0.3) is 0 Å². The van der Waals surface area contributed by atoms with Crippen molar-refractivity contribution in [2.24, 2.45) is 0 Å². The lowest BCUT2D eigenvalue weighted by atomic mass is 9.78. The van der Waals surface area contributed by atoms with Crippen molar-refractivity contribution >= 4 is 56.8 Å². The first-order chi connectivity index (χ1) is 9.17. The monoisotopic (exact) mass is 334 g/mol. The number of imidazole rings is 1. The van der Waals surface area contributed by atoms with E-state index in [-0.39, 0.29) is 0 Å². The van der Waals surface area contributed by atoms with E-state index in [1.54, 1.807) is 6.20 Å². The first-order valence-corrected chi connectivity index (χ1v) is 7.27. The molecule has 0 bridgehead atoms. The van der Waals surface area contributed by atoms with Gasteiger partial charge >= 0.3 is 0 Å². The van der Waals surface area contributed by atoms with Crippen LogP contribution in [0.15, 0.2) is 23.1 Å². The zero-order valence-electron chi connectivity index (χ0n) is 10.4. The molecule has 3 heterocycles. The van der Waals surface area contributed by atoms with Gasteiger partial charge in [0.15, 0.2) is 18.7 Å². The summed E-state index contributed by atoms with van der Waals surface area (Å²) in [5.41, 5.74) is 2.66. The highest BCUT2D eigenvalue weighted by molar-refractivity contribution is 9.10. The molecule has 3 rings (SSSR count). The molecule has 0 aromatic carbocycles. The minimum atomic E-state index is 0.727. The molecule has 8 heteroatoms. The maximum atomic E-state index is 4.55. The number of hydrogen-bond acceptors (Lipinski definition) is 5. The van der Waals surface area contributed by atoms with Gasteiger partial charge in [-0.3, -0.25) is 4.40 Å². The normalized spacial score (nSPS) is 10.9. The highest BCUT2D eigenvalue weighted by Gasteiger charge is 2.11. The Bertz CT molecular complexity index is 738. The van der Waals surface area contributed by atoms with Crippen LogP contribution in [-0.4, -0.2) is 26.0 Å². The summed E-state index contributed by atoms with van der Waals surface area (Å²) in [5, 5.41) is 4.23. The van der Waals surface area contributed by atoms with Gasteiger partial charge in [0.05, 0.1) is 11.9 Å². The van der Waals surface area contributed by atoms with E-state index < -0.39 is 0 Å². The maximum absolute atomic E-state index is 4.55. The molecule has 0 fully saturated rings. The Hall–Kier alpha value is -1.41. The Balaban J connectivity index is 2.10. The average molecular weight is 335 g/mol. The van der Waals surface area contributed by atoms with Crippen LogP contribution in [-0.2, 0) is 0 Å². The van der Waals surface area contributed by atoms with Gasteiger partial charge in [0.2, 0.25) is 0 Å². The third kappa shape index (κ3) is 2.37. The molecule has 0 aliphatic carbocycles. The van der Waals surface area contributed by atoms with E-state index in [4.69, 9.17) is 0 Å². The molecule has 3 aromatic rings. The Kier molecular flexibility index (Phi) is 3.28. The molecule has 0 saturated heterocycles. The van der Waals surface area contributed by atoms with E-state index >= 15 is 0 Å². The summed E-state index contributed by atoms with van der Waals surface area (Å²) in [4.78, 5) is 8.90. The second kappa shape index (κ2) is 4.94. The van der Waals surface area contributed by atoms with Crippen LogP contribution < -0.4 is 10.9 Å². The average Bonchev–Trinajstić information content (AvgIpc) is 2.97. The second-order valence-corrected chi connectivity index (χ2v) is 5.65. The molecule has 19 heavy (non-hydrogen) atoms. The van der Waals surface area contributed by atoms with Crippen molar-refractivity contribution in [1.82, 2.24) is 18.7 Å². The van der Waals surface area contributed by atoms with Crippen LogP contribution in [0.25, 0.3) is 5.65 Å². The van der Waals surface area contributed by atoms with Gasteiger partial charge in [0, 0.05) is 11.8 Å². The van der Waals surface area contributed by atoms with Crippen LogP contribution >= 0.6 is 27.5 Å². The zero-order valence-corrected chi connectivity index (χ0v) is 12.8. The van der Waals surface area contributed by atoms with E-state index in [2.05, 4.69) is 35.6 Å². The van der Waals surface area contributed by atoms with Crippen molar-refractivity contribution < 1.29 is 0 Å². The maximum Gasteiger partial charge on any atom is 0.181 e. The number of fused-ring (bicyclic) bond motifs is 1. The molecule has 0 amide bonds. The number of aromatic nitrogens is 4. The van der Waals surface area contributed by atoms with Crippen molar-refractivity contribution in [3.63, 3.8) is 0 Å². The summed E-state index contributed by atoms with van der Waals surface area (Å²) in [6.07, 6.45) is 3.70. The predicted molar refractivity (Wildman–Crippen MR) is 82.1 cm³/mol. The van der Waals surface area contributed by atoms with Gasteiger partial charge < -0.3 is 5.32 Å². The topological polar surface area (TPSA) is 55.1 Å². The van der Waals surface area contributed by atoms with Crippen molar-refractivity contribution in [2.75, 3.05) is 5.32 Å². The molecule has 0 unspecified atom stereocenters. The highest BCUT2D eigenvalue weighted by Crippen LogP contribution is 2.23. The van der Waals surface area contributed by atoms with Gasteiger partial charge in [-0.1, -0.05) is 6.82 Å². The molecule has 0 spiro atoms. The quantitative estimate of drug-likeness (QED) is 0.747. The first kappa shape index (κ1) is 12.6. The molecule has 3 aromatic heterocycles. The Labute approximate surface area is 123 Å². The third-order valence-corrected chi connectivity index (χ3v) is 4.01. The van der Waals surface area contributed by atoms with Crippen LogP contribution in [0, 0.1) is 6.92 Å². The van der Waals surface area contributed by atoms with Gasteiger partial charge in [-0.25, -0.2) is 9.97 Å². The Morgan fingerprint density at radius 1 is 1.47 bits per heavy atom. The van der Waals surface area contributed by atoms with Crippen LogP contribution in [0.4, 0.5) is 10.8 Å². The standard InChI is InChI=1S/C11H10BBrN5S/c1-6-3-9(19-17-6)16-10-11-14-4-8(13)18(11)5-7(12-2)15-10/h3-5H,1-2H3,(H,15,16). The van der Waals surface area contributed by atoms with E-state index in [1.165, 1.54) is 11.5 Å². The van der Waals surface area contributed by atoms with Gasteiger partial charge in [0.1, 0.15) is 9.60 Å². The Morgan fingerprint density at radius 2 is 2.32 bits per heavy atom. The van der Waals surface area contributed by atoms with Crippen molar-refractivity contribution in [2.45, 2.75) is 13.7 Å². The molecule has 95 valence electrons. The van der Waals surface area contributed by atoms with Gasteiger partial charge in [-0.15, -0.1) is 0 Å². The fourth-order valence-electron chi connectivity index (χ4n) is 1.74. The van der Waals surface area contributed by atoms with Crippen LogP contribution in [0.5, 0.6) is 0 Å². The second-order valence-electron chi connectivity index (χ2n) is 4.04. The summed E-state index contributed by atoms with van der Waals surface area (Å²) in [6, 6.07) is 1.99. The molecule has 0 aliphatic heterocycles. The first-order valence-electron chi connectivity index (χ1n) is 5.70. The van der Waals surface area contributed by atoms with Crippen LogP contribution in [0.3, 0.4) is 0 Å². The van der Waals surface area contributed by atoms with Gasteiger partial charge in [-0.2, -0.15) is 4.37 Å². The lowest BCUT2D eigenvalue weighted by molar-refractivity contribution is 1.13. The fourth-order valence-corrected chi connectivity index (χ4v) is 2.77. The highest BCUT2D eigenvalue weighted by atomic mass is 79.9. The smallest absolute Gasteiger partial charge is 0.181 e. The van der Waals surface area contributed by atoms with E-state index in [0.29, 0.717) is 0 Å². The molecular weight excluding hydrogens is 325 g/mol. The SMILES string of the molecule is C[B]c1cn2c(Br)cnc2c(Nc2cc(C)ns2)n1. The molecule has 0 saturated carbocycles. The number of hydrogen-bond donors (Lipinski definition) is 1. The largest absolute Gasteiger partial charge is 0.328 e. The van der Waals surface area contributed by atoms with E-state index in [0.717, 1.165) is 32.4 Å². The molecule has 0 atom stereocenters. The Morgan fingerprint density at radius 3 is 3.00 bits per heavy atom. The predicted octanol–water partition coefficient (Wildman–Crippen LogP) is 2.38.